The zero-order valence-electron chi connectivity index (χ0n) is 16.6. The molecule has 5 aromatic rings. The summed E-state index contributed by atoms with van der Waals surface area (Å²) in [4.78, 5) is 20.0. The van der Waals surface area contributed by atoms with E-state index in [-0.39, 0.29) is 0 Å². The molecule has 0 atom stereocenters. The largest absolute Gasteiger partial charge is 0.499 e. The third-order valence-electron chi connectivity index (χ3n) is 6.41. The van der Waals surface area contributed by atoms with Gasteiger partial charge in [-0.2, -0.15) is 0 Å². The van der Waals surface area contributed by atoms with Crippen molar-refractivity contribution in [2.45, 2.75) is 0 Å². The van der Waals surface area contributed by atoms with Crippen molar-refractivity contribution in [3.63, 3.8) is 0 Å². The van der Waals surface area contributed by atoms with Crippen LogP contribution >= 0.6 is 11.5 Å². The van der Waals surface area contributed by atoms with E-state index < -0.39 is 6.40 Å². The Kier molecular flexibility index (Phi) is 2.94. The van der Waals surface area contributed by atoms with Crippen LogP contribution in [0, 0.1) is 0 Å². The number of nitrogens with zero attached hydrogens (tertiary/aromatic N) is 6. The number of fused-ring (bicyclic) bond motifs is 10. The summed E-state index contributed by atoms with van der Waals surface area (Å²) in [5.74, 6) is 2.84. The average Bonchev–Trinajstić information content (AvgIpc) is 3.45. The highest BCUT2D eigenvalue weighted by Crippen LogP contribution is 2.41. The Bertz CT molecular complexity index is 1860. The first-order chi connectivity index (χ1) is 15.8. The number of aliphatic imine (C=N–C) groups is 2. The van der Waals surface area contributed by atoms with Gasteiger partial charge in [-0.25, -0.2) is 20.0 Å². The predicted octanol–water partition coefficient (Wildman–Crippen LogP) is 3.95. The summed E-state index contributed by atoms with van der Waals surface area (Å²) in [6.07, 6.45) is -0.559. The van der Waals surface area contributed by atoms with E-state index in [1.54, 1.807) is 0 Å². The molecule has 32 heavy (non-hydrogen) atoms. The quantitative estimate of drug-likeness (QED) is 0.334. The molecule has 3 aliphatic heterocycles. The minimum Gasteiger partial charge on any atom is -0.319 e. The Hall–Kier alpha value is -3.97. The first-order valence-electron chi connectivity index (χ1n) is 10.4. The summed E-state index contributed by atoms with van der Waals surface area (Å²) in [7, 11) is 0. The molecule has 0 unspecified atom stereocenters. The van der Waals surface area contributed by atoms with E-state index in [2.05, 4.69) is 24.3 Å². The zero-order valence-corrected chi connectivity index (χ0v) is 17.3. The van der Waals surface area contributed by atoms with Gasteiger partial charge in [-0.15, -0.1) is 11.5 Å². The molecule has 0 spiro atoms. The molecule has 0 fully saturated rings. The fourth-order valence-electron chi connectivity index (χ4n) is 5.01. The normalized spacial score (nSPS) is 15.2. The maximum absolute atomic E-state index is 7.19. The fourth-order valence-corrected chi connectivity index (χ4v) is 5.38. The van der Waals surface area contributed by atoms with Crippen molar-refractivity contribution in [1.82, 2.24) is 8.96 Å². The summed E-state index contributed by atoms with van der Waals surface area (Å²) in [5, 5.41) is 4.03. The molecule has 0 saturated carbocycles. The van der Waals surface area contributed by atoms with Crippen LogP contribution in [-0.4, -0.2) is 27.0 Å². The van der Waals surface area contributed by atoms with Gasteiger partial charge in [-0.3, -0.25) is 0 Å². The van der Waals surface area contributed by atoms with E-state index >= 15 is 0 Å². The van der Waals surface area contributed by atoms with Crippen LogP contribution in [0.4, 0.5) is 11.6 Å². The van der Waals surface area contributed by atoms with Gasteiger partial charge in [-0.05, 0) is 0 Å². The Morgan fingerprint density at radius 3 is 1.69 bits per heavy atom. The third-order valence-corrected chi connectivity index (χ3v) is 6.80. The first kappa shape index (κ1) is 16.7. The van der Waals surface area contributed by atoms with Gasteiger partial charge in [-0.1, -0.05) is 72.8 Å². The number of halogens is 1. The molecule has 0 saturated heterocycles. The van der Waals surface area contributed by atoms with Crippen LogP contribution in [-0.2, 0) is 0 Å². The molecular formula is C24H12BClN6. The molecule has 3 aromatic carbocycles. The van der Waals surface area contributed by atoms with Crippen LogP contribution in [0.1, 0.15) is 11.1 Å². The van der Waals surface area contributed by atoms with E-state index in [0.29, 0.717) is 11.7 Å². The predicted molar refractivity (Wildman–Crippen MR) is 127 cm³/mol. The molecule has 5 heterocycles. The minimum atomic E-state index is -0.559. The standard InChI is InChI=1S/C24H12BClN6/c26-25-31-21-15-9-3-5-11-17(15)23(31)30-24-18-12-6-4-10-16(18)22(32(24)25)29-20-14-8-2-1-7-13(14)19(27-20)28-21/h1-12H. The van der Waals surface area contributed by atoms with Crippen LogP contribution in [0.15, 0.2) is 92.8 Å². The van der Waals surface area contributed by atoms with Crippen molar-refractivity contribution in [3.05, 3.63) is 94.9 Å². The highest BCUT2D eigenvalue weighted by Gasteiger charge is 2.35. The van der Waals surface area contributed by atoms with Crippen molar-refractivity contribution >= 4 is 62.7 Å². The van der Waals surface area contributed by atoms with E-state index in [0.717, 1.165) is 55.3 Å². The third kappa shape index (κ3) is 1.89. The highest BCUT2D eigenvalue weighted by molar-refractivity contribution is 7.05. The molecule has 0 N–H and O–H groups in total. The second kappa shape index (κ2) is 5.63. The number of benzene rings is 3. The number of hydrogen-bond donors (Lipinski definition) is 0. The first-order valence-corrected chi connectivity index (χ1v) is 10.8. The van der Waals surface area contributed by atoms with Gasteiger partial charge in [0.1, 0.15) is 22.6 Å². The average molecular weight is 431 g/mol. The number of aromatic nitrogens is 2. The van der Waals surface area contributed by atoms with Gasteiger partial charge in [0.25, 0.3) is 0 Å². The maximum Gasteiger partial charge on any atom is 0.499 e. The van der Waals surface area contributed by atoms with Crippen LogP contribution in [0.2, 0.25) is 0 Å². The van der Waals surface area contributed by atoms with Crippen molar-refractivity contribution in [2.75, 3.05) is 0 Å². The SMILES string of the molecule is ClB1n2c3c4ccccc4c2N=c2c4ccccc4c(n21)=NC1=NC(=N3)c2ccccc21. The number of hydrogen-bond acceptors (Lipinski definition) is 4. The zero-order chi connectivity index (χ0) is 21.0. The Balaban J connectivity index is 1.69. The second-order valence-corrected chi connectivity index (χ2v) is 8.47. The Morgan fingerprint density at radius 1 is 0.531 bits per heavy atom. The van der Waals surface area contributed by atoms with Gasteiger partial charge in [0, 0.05) is 32.7 Å². The molecule has 3 aliphatic rings. The highest BCUT2D eigenvalue weighted by atomic mass is 35.5. The van der Waals surface area contributed by atoms with Gasteiger partial charge in [0.15, 0.2) is 11.7 Å². The van der Waals surface area contributed by atoms with E-state index in [1.807, 2.05) is 57.5 Å². The molecule has 4 bridgehead atoms. The van der Waals surface area contributed by atoms with E-state index in [9.17, 15) is 0 Å². The number of amidine groups is 2. The summed E-state index contributed by atoms with van der Waals surface area (Å²) >= 11 is 7.19. The molecule has 0 aliphatic carbocycles. The summed E-state index contributed by atoms with van der Waals surface area (Å²) in [6.45, 7) is 0. The summed E-state index contributed by atoms with van der Waals surface area (Å²) in [6, 6.07) is 24.4. The summed E-state index contributed by atoms with van der Waals surface area (Å²) < 4.78 is 3.98. The van der Waals surface area contributed by atoms with Crippen LogP contribution < -0.4 is 11.0 Å². The molecule has 2 aromatic heterocycles. The van der Waals surface area contributed by atoms with Crippen molar-refractivity contribution in [2.24, 2.45) is 20.0 Å². The fraction of sp³-hybridized carbons (Fsp3) is 0. The van der Waals surface area contributed by atoms with Gasteiger partial charge >= 0.3 is 6.40 Å². The van der Waals surface area contributed by atoms with Gasteiger partial charge < -0.3 is 8.96 Å². The van der Waals surface area contributed by atoms with Crippen LogP contribution in [0.5, 0.6) is 0 Å². The Labute approximate surface area is 186 Å². The van der Waals surface area contributed by atoms with Crippen LogP contribution in [0.25, 0.3) is 21.5 Å². The lowest BCUT2D eigenvalue weighted by molar-refractivity contribution is 0.938. The minimum absolute atomic E-state index is 0.559. The van der Waals surface area contributed by atoms with Crippen molar-refractivity contribution < 1.29 is 0 Å². The molecule has 0 radical (unpaired) electrons. The Morgan fingerprint density at radius 2 is 1.03 bits per heavy atom. The van der Waals surface area contributed by atoms with E-state index in [4.69, 9.17) is 31.4 Å². The lowest BCUT2D eigenvalue weighted by Gasteiger charge is -2.18. The smallest absolute Gasteiger partial charge is 0.319 e. The van der Waals surface area contributed by atoms with E-state index in [1.165, 1.54) is 0 Å². The maximum atomic E-state index is 7.19. The molecule has 148 valence electrons. The molecular weight excluding hydrogens is 419 g/mol. The molecule has 8 heteroatoms. The summed E-state index contributed by atoms with van der Waals surface area (Å²) in [5.41, 5.74) is 3.50. The lowest BCUT2D eigenvalue weighted by Crippen LogP contribution is -2.44. The van der Waals surface area contributed by atoms with Gasteiger partial charge in [0.2, 0.25) is 0 Å². The van der Waals surface area contributed by atoms with Crippen molar-refractivity contribution in [3.8, 4) is 0 Å². The van der Waals surface area contributed by atoms with Crippen LogP contribution in [0.3, 0.4) is 0 Å². The molecule has 6 nitrogen and oxygen atoms in total. The number of rotatable bonds is 0. The van der Waals surface area contributed by atoms with Crippen molar-refractivity contribution in [1.29, 1.82) is 0 Å². The topological polar surface area (TPSA) is 59.3 Å². The van der Waals surface area contributed by atoms with Gasteiger partial charge in [0.05, 0.1) is 0 Å². The lowest BCUT2D eigenvalue weighted by atomic mass is 10.1. The molecule has 8 rings (SSSR count). The monoisotopic (exact) mass is 430 g/mol. The molecule has 0 amide bonds. The second-order valence-electron chi connectivity index (χ2n) is 8.08.